The van der Waals surface area contributed by atoms with E-state index >= 15 is 0 Å². The number of carbonyl (C=O) groups excluding carboxylic acids is 1. The quantitative estimate of drug-likeness (QED) is 0.282. The Hall–Kier alpha value is -2.47. The number of allylic oxidation sites excluding steroid dienone is 3. The van der Waals surface area contributed by atoms with Gasteiger partial charge in [-0.2, -0.15) is 0 Å². The molecule has 1 aliphatic heterocycles. The number of nitrogens with one attached hydrogen (secondary N) is 1. The minimum Gasteiger partial charge on any atom is -0.508 e. The highest BCUT2D eigenvalue weighted by Crippen LogP contribution is 2.48. The molecule has 2 aliphatic rings. The summed E-state index contributed by atoms with van der Waals surface area (Å²) in [5.74, 6) is 0.00791. The van der Waals surface area contributed by atoms with Crippen molar-refractivity contribution < 1.29 is 14.3 Å². The second kappa shape index (κ2) is 12.4. The van der Waals surface area contributed by atoms with Crippen molar-refractivity contribution in [3.63, 3.8) is 0 Å². The Bertz CT molecular complexity index is 1200. The number of hydrogen-bond donors (Lipinski definition) is 2. The number of nitrogens with zero attached hydrogens (tertiary/aromatic N) is 1. The minimum absolute atomic E-state index is 0.0431. The van der Waals surface area contributed by atoms with Crippen LogP contribution < -0.4 is 5.32 Å². The van der Waals surface area contributed by atoms with Crippen molar-refractivity contribution in [2.24, 2.45) is 11.8 Å². The maximum absolute atomic E-state index is 14.8. The number of phenolic OH excluding ortho intramolecular Hbond substituents is 1. The molecule has 4 rings (SSSR count). The van der Waals surface area contributed by atoms with Gasteiger partial charge >= 0.3 is 0 Å². The highest BCUT2D eigenvalue weighted by Gasteiger charge is 2.36. The second-order valence-electron chi connectivity index (χ2n) is 10.7. The lowest BCUT2D eigenvalue weighted by Gasteiger charge is -2.37. The number of rotatable bonds is 9. The summed E-state index contributed by atoms with van der Waals surface area (Å²) in [7, 11) is 4.16. The molecule has 6 heteroatoms. The fourth-order valence-electron chi connectivity index (χ4n) is 5.81. The molecule has 2 atom stereocenters. The molecule has 0 radical (unpaired) electrons. The van der Waals surface area contributed by atoms with Crippen LogP contribution in [0.25, 0.3) is 5.57 Å². The number of phenols is 1. The van der Waals surface area contributed by atoms with Crippen LogP contribution in [0.5, 0.6) is 5.75 Å². The lowest BCUT2D eigenvalue weighted by Crippen LogP contribution is -2.34. The molecule has 0 amide bonds. The first kappa shape index (κ1) is 27.6. The first-order valence-electron chi connectivity index (χ1n) is 13.4. The van der Waals surface area contributed by atoms with Gasteiger partial charge in [-0.25, -0.2) is 4.39 Å². The number of benzene rings is 2. The number of carbonyl (C=O) groups is 1. The summed E-state index contributed by atoms with van der Waals surface area (Å²) in [6.07, 6.45) is 5.76. The third kappa shape index (κ3) is 6.34. The molecule has 2 aromatic rings. The summed E-state index contributed by atoms with van der Waals surface area (Å²) >= 11 is 7.32. The third-order valence-electron chi connectivity index (χ3n) is 7.73. The van der Waals surface area contributed by atoms with E-state index in [0.717, 1.165) is 51.7 Å². The van der Waals surface area contributed by atoms with Gasteiger partial charge in [-0.1, -0.05) is 42.3 Å². The van der Waals surface area contributed by atoms with Crippen molar-refractivity contribution >= 4 is 23.0 Å². The molecule has 1 saturated heterocycles. The minimum atomic E-state index is -0.315. The summed E-state index contributed by atoms with van der Waals surface area (Å²) in [5.41, 5.74) is 4.04. The third-order valence-corrected chi connectivity index (χ3v) is 8.14. The van der Waals surface area contributed by atoms with Crippen LogP contribution in [0.2, 0.25) is 0 Å². The van der Waals surface area contributed by atoms with E-state index in [1.165, 1.54) is 17.7 Å². The van der Waals surface area contributed by atoms with E-state index in [1.807, 2.05) is 6.07 Å². The first-order chi connectivity index (χ1) is 17.8. The molecule has 37 heavy (non-hydrogen) atoms. The zero-order chi connectivity index (χ0) is 26.5. The fourth-order valence-corrected chi connectivity index (χ4v) is 6.33. The number of hydrogen-bond acceptors (Lipinski definition) is 4. The van der Waals surface area contributed by atoms with E-state index in [1.54, 1.807) is 31.2 Å². The number of Topliss-reactive ketones (excluding diaryl/α,β-unsaturated/α-hetero) is 1. The van der Waals surface area contributed by atoms with Crippen LogP contribution in [0.3, 0.4) is 0 Å². The van der Waals surface area contributed by atoms with Crippen LogP contribution in [0.1, 0.15) is 60.0 Å². The largest absolute Gasteiger partial charge is 0.508 e. The Morgan fingerprint density at radius 1 is 1.19 bits per heavy atom. The monoisotopic (exact) mass is 524 g/mol. The van der Waals surface area contributed by atoms with Crippen molar-refractivity contribution in [1.82, 2.24) is 10.2 Å². The molecule has 1 aliphatic carbocycles. The van der Waals surface area contributed by atoms with Crippen molar-refractivity contribution in [2.45, 2.75) is 45.4 Å². The lowest BCUT2D eigenvalue weighted by atomic mass is 9.71. The van der Waals surface area contributed by atoms with Gasteiger partial charge in [0, 0.05) is 28.3 Å². The number of aromatic hydroxyl groups is 1. The maximum Gasteiger partial charge on any atom is 0.189 e. The molecule has 1 unspecified atom stereocenters. The van der Waals surface area contributed by atoms with Crippen molar-refractivity contribution in [3.05, 3.63) is 81.2 Å². The molecule has 0 spiro atoms. The van der Waals surface area contributed by atoms with Gasteiger partial charge in [0.25, 0.3) is 0 Å². The van der Waals surface area contributed by atoms with Crippen LogP contribution in [-0.2, 0) is 0 Å². The summed E-state index contributed by atoms with van der Waals surface area (Å²) < 4.78 is 14.8. The Morgan fingerprint density at radius 3 is 2.68 bits per heavy atom. The van der Waals surface area contributed by atoms with Gasteiger partial charge in [-0.05, 0) is 113 Å². The molecule has 0 aromatic heterocycles. The Labute approximate surface area is 225 Å². The Balaban J connectivity index is 1.85. The number of unbranched alkanes of at least 4 members (excludes halogenated alkanes) is 1. The van der Waals surface area contributed by atoms with Crippen LogP contribution in [0.4, 0.5) is 4.39 Å². The van der Waals surface area contributed by atoms with Gasteiger partial charge in [0.2, 0.25) is 0 Å². The maximum atomic E-state index is 14.8. The highest BCUT2D eigenvalue weighted by atomic mass is 35.5. The SMILES string of the molecule is Cc1c(F)cccc1C1=C(C(=O)c2cccc(O)c2)CC(CCCCN(C)C)C([C@@H]2CCCNC2)=C1Cl. The summed E-state index contributed by atoms with van der Waals surface area (Å²) in [5, 5.41) is 14.2. The smallest absolute Gasteiger partial charge is 0.189 e. The highest BCUT2D eigenvalue weighted by molar-refractivity contribution is 6.39. The molecule has 1 fully saturated rings. The van der Waals surface area contributed by atoms with Gasteiger partial charge in [-0.3, -0.25) is 4.79 Å². The van der Waals surface area contributed by atoms with E-state index in [-0.39, 0.29) is 23.3 Å². The van der Waals surface area contributed by atoms with Gasteiger partial charge in [-0.15, -0.1) is 0 Å². The van der Waals surface area contributed by atoms with Crippen LogP contribution >= 0.6 is 11.6 Å². The van der Waals surface area contributed by atoms with Crippen LogP contribution in [0.15, 0.2) is 58.6 Å². The Morgan fingerprint density at radius 2 is 1.97 bits per heavy atom. The van der Waals surface area contributed by atoms with Crippen LogP contribution in [0, 0.1) is 24.6 Å². The molecule has 198 valence electrons. The number of halogens is 2. The van der Waals surface area contributed by atoms with Crippen molar-refractivity contribution in [2.75, 3.05) is 33.7 Å². The Kier molecular flexibility index (Phi) is 9.22. The lowest BCUT2D eigenvalue weighted by molar-refractivity contribution is 0.102. The van der Waals surface area contributed by atoms with E-state index in [9.17, 15) is 14.3 Å². The van der Waals surface area contributed by atoms with E-state index in [0.29, 0.717) is 45.2 Å². The van der Waals surface area contributed by atoms with Crippen molar-refractivity contribution in [3.8, 4) is 5.75 Å². The predicted octanol–water partition coefficient (Wildman–Crippen LogP) is 6.72. The fraction of sp³-hybridized carbons (Fsp3) is 0.452. The average Bonchev–Trinajstić information content (AvgIpc) is 2.88. The zero-order valence-corrected chi connectivity index (χ0v) is 22.9. The van der Waals surface area contributed by atoms with Gasteiger partial charge < -0.3 is 15.3 Å². The van der Waals surface area contributed by atoms with E-state index in [4.69, 9.17) is 11.6 Å². The molecule has 4 nitrogen and oxygen atoms in total. The topological polar surface area (TPSA) is 52.6 Å². The molecule has 2 N–H and O–H groups in total. The molecule has 1 heterocycles. The molecular formula is C31H38ClFN2O2. The predicted molar refractivity (Wildman–Crippen MR) is 149 cm³/mol. The van der Waals surface area contributed by atoms with Gasteiger partial charge in [0.05, 0.1) is 0 Å². The summed E-state index contributed by atoms with van der Waals surface area (Å²) in [6, 6.07) is 11.4. The molecule has 0 bridgehead atoms. The van der Waals surface area contributed by atoms with Gasteiger partial charge in [0.15, 0.2) is 5.78 Å². The van der Waals surface area contributed by atoms with Gasteiger partial charge in [0.1, 0.15) is 11.6 Å². The number of ketones is 1. The van der Waals surface area contributed by atoms with E-state index < -0.39 is 0 Å². The van der Waals surface area contributed by atoms with Crippen LogP contribution in [-0.4, -0.2) is 49.5 Å². The van der Waals surface area contributed by atoms with Crippen molar-refractivity contribution in [1.29, 1.82) is 0 Å². The molecule has 0 saturated carbocycles. The number of piperidine rings is 1. The molecular weight excluding hydrogens is 487 g/mol. The zero-order valence-electron chi connectivity index (χ0n) is 22.1. The van der Waals surface area contributed by atoms with E-state index in [2.05, 4.69) is 24.3 Å². The standard InChI is InChI=1S/C31H38ClFN2O2/c1-20-25(13-7-14-27(20)33)29-26(31(37)22-10-6-12-24(36)17-22)18-21(9-4-5-16-35(2)3)28(30(29)32)23-11-8-15-34-19-23/h6-7,10,12-14,17,21,23,34,36H,4-5,8-9,11,15-16,18-19H2,1-3H3/t21?,23-/m1/s1. The molecule has 2 aromatic carbocycles. The second-order valence-corrected chi connectivity index (χ2v) is 11.0. The first-order valence-corrected chi connectivity index (χ1v) is 13.7. The summed E-state index contributed by atoms with van der Waals surface area (Å²) in [4.78, 5) is 16.2. The normalized spacial score (nSPS) is 20.6. The average molecular weight is 525 g/mol. The summed E-state index contributed by atoms with van der Waals surface area (Å²) in [6.45, 7) is 4.63.